The zero-order valence-electron chi connectivity index (χ0n) is 18.5. The third-order valence-electron chi connectivity index (χ3n) is 6.29. The van der Waals surface area contributed by atoms with Gasteiger partial charge in [-0.05, 0) is 30.5 Å². The molecule has 1 N–H and O–H groups in total. The summed E-state index contributed by atoms with van der Waals surface area (Å²) in [7, 11) is 3.31. The van der Waals surface area contributed by atoms with Crippen LogP contribution in [0.25, 0.3) is 0 Å². The van der Waals surface area contributed by atoms with Gasteiger partial charge in [0.25, 0.3) is 0 Å². The Hall–Kier alpha value is -2.58. The SMILES string of the molecule is COc1ccc(CN2CCN(CC(=O)Nc3ccnn3C3CCCC3)CC2)cc1OC. The minimum Gasteiger partial charge on any atom is -0.493 e. The first kappa shape index (κ1) is 21.6. The molecular weight excluding hydrogens is 394 g/mol. The van der Waals surface area contributed by atoms with Gasteiger partial charge < -0.3 is 14.8 Å². The van der Waals surface area contributed by atoms with Crippen LogP contribution in [0.2, 0.25) is 0 Å². The highest BCUT2D eigenvalue weighted by molar-refractivity contribution is 5.91. The molecule has 0 radical (unpaired) electrons. The Kier molecular flexibility index (Phi) is 7.09. The molecule has 1 aromatic heterocycles. The number of anilines is 1. The molecule has 2 heterocycles. The molecule has 0 spiro atoms. The third-order valence-corrected chi connectivity index (χ3v) is 6.29. The molecule has 1 aliphatic carbocycles. The van der Waals surface area contributed by atoms with Gasteiger partial charge in [0.05, 0.1) is 33.0 Å². The van der Waals surface area contributed by atoms with Crippen LogP contribution in [0.3, 0.4) is 0 Å². The number of hydrogen-bond donors (Lipinski definition) is 1. The predicted molar refractivity (Wildman–Crippen MR) is 120 cm³/mol. The predicted octanol–water partition coefficient (Wildman–Crippen LogP) is 2.77. The fraction of sp³-hybridized carbons (Fsp3) is 0.565. The Morgan fingerprint density at radius 3 is 2.45 bits per heavy atom. The zero-order chi connectivity index (χ0) is 21.6. The highest BCUT2D eigenvalue weighted by Gasteiger charge is 2.22. The van der Waals surface area contributed by atoms with Crippen LogP contribution in [0.4, 0.5) is 5.82 Å². The summed E-state index contributed by atoms with van der Waals surface area (Å²) in [5.41, 5.74) is 1.20. The molecule has 8 nitrogen and oxygen atoms in total. The van der Waals surface area contributed by atoms with Gasteiger partial charge in [-0.3, -0.25) is 14.6 Å². The lowest BCUT2D eigenvalue weighted by molar-refractivity contribution is -0.117. The molecule has 2 aromatic rings. The van der Waals surface area contributed by atoms with Gasteiger partial charge in [-0.25, -0.2) is 4.68 Å². The lowest BCUT2D eigenvalue weighted by atomic mass is 10.1. The Bertz CT molecular complexity index is 870. The Labute approximate surface area is 184 Å². The second-order valence-corrected chi connectivity index (χ2v) is 8.39. The second kappa shape index (κ2) is 10.2. The molecule has 31 heavy (non-hydrogen) atoms. The molecule has 2 aliphatic rings. The Balaban J connectivity index is 1.24. The topological polar surface area (TPSA) is 71.9 Å². The number of carbonyl (C=O) groups is 1. The molecule has 8 heteroatoms. The zero-order valence-corrected chi connectivity index (χ0v) is 18.5. The number of ether oxygens (including phenoxy) is 2. The highest BCUT2D eigenvalue weighted by Crippen LogP contribution is 2.31. The molecule has 1 aliphatic heterocycles. The molecule has 1 saturated heterocycles. The molecule has 0 bridgehead atoms. The molecule has 168 valence electrons. The molecule has 0 unspecified atom stereocenters. The molecular formula is C23H33N5O3. The van der Waals surface area contributed by atoms with Crippen molar-refractivity contribution in [2.75, 3.05) is 52.3 Å². The van der Waals surface area contributed by atoms with Gasteiger partial charge in [-0.15, -0.1) is 0 Å². The maximum absolute atomic E-state index is 12.6. The van der Waals surface area contributed by atoms with Gasteiger partial charge >= 0.3 is 0 Å². The molecule has 0 atom stereocenters. The van der Waals surface area contributed by atoms with E-state index in [0.29, 0.717) is 12.6 Å². The average Bonchev–Trinajstić information content (AvgIpc) is 3.47. The summed E-state index contributed by atoms with van der Waals surface area (Å²) in [6, 6.07) is 8.38. The quantitative estimate of drug-likeness (QED) is 0.699. The van der Waals surface area contributed by atoms with Gasteiger partial charge in [-0.1, -0.05) is 18.9 Å². The monoisotopic (exact) mass is 427 g/mol. The summed E-state index contributed by atoms with van der Waals surface area (Å²) < 4.78 is 12.7. The van der Waals surface area contributed by atoms with Crippen LogP contribution in [-0.4, -0.2) is 72.4 Å². The normalized spacial score (nSPS) is 18.3. The summed E-state index contributed by atoms with van der Waals surface area (Å²) in [5, 5.41) is 7.51. The average molecular weight is 428 g/mol. The number of aromatic nitrogens is 2. The third kappa shape index (κ3) is 5.37. The molecule has 4 rings (SSSR count). The first-order valence-corrected chi connectivity index (χ1v) is 11.1. The van der Waals surface area contributed by atoms with Crippen molar-refractivity contribution in [2.45, 2.75) is 38.3 Å². The van der Waals surface area contributed by atoms with Crippen LogP contribution < -0.4 is 14.8 Å². The van der Waals surface area contributed by atoms with Crippen molar-refractivity contribution < 1.29 is 14.3 Å². The number of rotatable bonds is 8. The standard InChI is InChI=1S/C23H33N5O3/c1-30-20-8-7-18(15-21(20)31-2)16-26-11-13-27(14-12-26)17-23(29)25-22-9-10-24-28(22)19-5-3-4-6-19/h7-10,15,19H,3-6,11-14,16-17H2,1-2H3,(H,25,29). The number of piperazine rings is 1. The second-order valence-electron chi connectivity index (χ2n) is 8.39. The van der Waals surface area contributed by atoms with E-state index in [0.717, 1.165) is 62.9 Å². The lowest BCUT2D eigenvalue weighted by Crippen LogP contribution is -2.48. The molecule has 1 amide bonds. The van der Waals surface area contributed by atoms with Crippen LogP contribution in [0.1, 0.15) is 37.3 Å². The van der Waals surface area contributed by atoms with Gasteiger partial charge in [0, 0.05) is 38.8 Å². The van der Waals surface area contributed by atoms with Crippen molar-refractivity contribution in [1.29, 1.82) is 0 Å². The number of hydrogen-bond acceptors (Lipinski definition) is 6. The van der Waals surface area contributed by atoms with Crippen LogP contribution >= 0.6 is 0 Å². The Morgan fingerprint density at radius 2 is 1.74 bits per heavy atom. The van der Waals surface area contributed by atoms with Crippen molar-refractivity contribution in [3.05, 3.63) is 36.0 Å². The Morgan fingerprint density at radius 1 is 1.03 bits per heavy atom. The van der Waals surface area contributed by atoms with Crippen LogP contribution in [0, 0.1) is 0 Å². The van der Waals surface area contributed by atoms with Crippen molar-refractivity contribution in [3.8, 4) is 11.5 Å². The van der Waals surface area contributed by atoms with E-state index in [1.165, 1.54) is 18.4 Å². The number of methoxy groups -OCH3 is 2. The summed E-state index contributed by atoms with van der Waals surface area (Å²) in [6.07, 6.45) is 6.55. The first-order valence-electron chi connectivity index (χ1n) is 11.1. The van der Waals surface area contributed by atoms with E-state index in [4.69, 9.17) is 9.47 Å². The highest BCUT2D eigenvalue weighted by atomic mass is 16.5. The number of carbonyl (C=O) groups excluding carboxylic acids is 1. The number of nitrogens with one attached hydrogen (secondary N) is 1. The molecule has 1 aromatic carbocycles. The van der Waals surface area contributed by atoms with Crippen molar-refractivity contribution in [2.24, 2.45) is 0 Å². The fourth-order valence-electron chi connectivity index (χ4n) is 4.58. The van der Waals surface area contributed by atoms with E-state index >= 15 is 0 Å². The summed E-state index contributed by atoms with van der Waals surface area (Å²) in [6.45, 7) is 4.90. The minimum atomic E-state index is 0.0353. The fourth-order valence-corrected chi connectivity index (χ4v) is 4.58. The smallest absolute Gasteiger partial charge is 0.239 e. The van der Waals surface area contributed by atoms with E-state index in [9.17, 15) is 4.79 Å². The summed E-state index contributed by atoms with van der Waals surface area (Å²) in [4.78, 5) is 17.2. The number of benzene rings is 1. The van der Waals surface area contributed by atoms with Crippen LogP contribution in [0.15, 0.2) is 30.5 Å². The maximum Gasteiger partial charge on any atom is 0.239 e. The minimum absolute atomic E-state index is 0.0353. The summed E-state index contributed by atoms with van der Waals surface area (Å²) >= 11 is 0. The van der Waals surface area contributed by atoms with Crippen LogP contribution in [0.5, 0.6) is 11.5 Å². The lowest BCUT2D eigenvalue weighted by Gasteiger charge is -2.34. The summed E-state index contributed by atoms with van der Waals surface area (Å²) in [5.74, 6) is 2.36. The van der Waals surface area contributed by atoms with E-state index in [1.54, 1.807) is 20.4 Å². The van der Waals surface area contributed by atoms with Crippen molar-refractivity contribution in [1.82, 2.24) is 19.6 Å². The maximum atomic E-state index is 12.6. The largest absolute Gasteiger partial charge is 0.493 e. The van der Waals surface area contributed by atoms with Crippen molar-refractivity contribution in [3.63, 3.8) is 0 Å². The van der Waals surface area contributed by atoms with Gasteiger partial charge in [0.15, 0.2) is 11.5 Å². The number of nitrogens with zero attached hydrogens (tertiary/aromatic N) is 4. The van der Waals surface area contributed by atoms with Crippen molar-refractivity contribution >= 4 is 11.7 Å². The molecule has 2 fully saturated rings. The van der Waals surface area contributed by atoms with E-state index in [-0.39, 0.29) is 5.91 Å². The van der Waals surface area contributed by atoms with Crippen LogP contribution in [-0.2, 0) is 11.3 Å². The van der Waals surface area contributed by atoms with Gasteiger partial charge in [0.2, 0.25) is 5.91 Å². The van der Waals surface area contributed by atoms with E-state index < -0.39 is 0 Å². The molecule has 1 saturated carbocycles. The van der Waals surface area contributed by atoms with E-state index in [1.807, 2.05) is 22.9 Å². The number of amides is 1. The van der Waals surface area contributed by atoms with Gasteiger partial charge in [-0.2, -0.15) is 5.10 Å². The van der Waals surface area contributed by atoms with Gasteiger partial charge in [0.1, 0.15) is 5.82 Å². The van der Waals surface area contributed by atoms with E-state index in [2.05, 4.69) is 26.3 Å². The first-order chi connectivity index (χ1) is 15.2.